The number of aromatic nitrogens is 1. The van der Waals surface area contributed by atoms with Gasteiger partial charge in [-0.1, -0.05) is 32.0 Å². The number of ether oxygens (including phenoxy) is 1. The van der Waals surface area contributed by atoms with Crippen LogP contribution in [0.2, 0.25) is 0 Å². The van der Waals surface area contributed by atoms with Gasteiger partial charge in [-0.2, -0.15) is 0 Å². The summed E-state index contributed by atoms with van der Waals surface area (Å²) in [6.45, 7) is 4.61. The van der Waals surface area contributed by atoms with Crippen LogP contribution in [0.25, 0.3) is 0 Å². The fourth-order valence-corrected chi connectivity index (χ4v) is 2.57. The molecule has 0 aliphatic rings. The molecule has 0 saturated carbocycles. The number of thioether (sulfide) groups is 1. The van der Waals surface area contributed by atoms with E-state index in [4.69, 9.17) is 4.74 Å². The average Bonchev–Trinajstić information content (AvgIpc) is 2.52. The van der Waals surface area contributed by atoms with Gasteiger partial charge in [0.05, 0.1) is 11.1 Å². The van der Waals surface area contributed by atoms with Crippen molar-refractivity contribution in [2.45, 2.75) is 30.9 Å². The van der Waals surface area contributed by atoms with Crippen molar-refractivity contribution in [1.29, 1.82) is 0 Å². The number of aliphatic hydroxyl groups is 1. The second kappa shape index (κ2) is 8.05. The van der Waals surface area contributed by atoms with E-state index in [1.54, 1.807) is 6.20 Å². The predicted octanol–water partition coefficient (Wildman–Crippen LogP) is 3.74. The molecule has 1 atom stereocenters. The standard InChI is InChI=1S/C17H21NO2S/c1-13(2)14-6-8-16(9-7-14)20-11-15(19)12-21-17-5-3-4-10-18-17/h3-10,13,15,19H,11-12H2,1-2H3. The van der Waals surface area contributed by atoms with Crippen LogP contribution in [0.4, 0.5) is 0 Å². The quantitative estimate of drug-likeness (QED) is 0.791. The molecule has 2 aromatic rings. The molecule has 0 saturated heterocycles. The van der Waals surface area contributed by atoms with Gasteiger partial charge in [-0.25, -0.2) is 4.98 Å². The zero-order chi connectivity index (χ0) is 15.1. The van der Waals surface area contributed by atoms with Crippen molar-refractivity contribution in [3.8, 4) is 5.75 Å². The molecule has 4 heteroatoms. The minimum atomic E-state index is -0.512. The smallest absolute Gasteiger partial charge is 0.119 e. The number of benzene rings is 1. The largest absolute Gasteiger partial charge is 0.491 e. The van der Waals surface area contributed by atoms with E-state index >= 15 is 0 Å². The van der Waals surface area contributed by atoms with Gasteiger partial charge in [-0.15, -0.1) is 11.8 Å². The molecule has 1 unspecified atom stereocenters. The van der Waals surface area contributed by atoms with Crippen LogP contribution in [0, 0.1) is 0 Å². The second-order valence-corrected chi connectivity index (χ2v) is 6.21. The first-order chi connectivity index (χ1) is 10.1. The van der Waals surface area contributed by atoms with Crippen molar-refractivity contribution in [3.63, 3.8) is 0 Å². The van der Waals surface area contributed by atoms with Gasteiger partial charge in [0.2, 0.25) is 0 Å². The number of nitrogens with zero attached hydrogens (tertiary/aromatic N) is 1. The van der Waals surface area contributed by atoms with Gasteiger partial charge in [-0.05, 0) is 35.7 Å². The first-order valence-corrected chi connectivity index (χ1v) is 8.08. The molecule has 3 nitrogen and oxygen atoms in total. The Kier molecular flexibility index (Phi) is 6.08. The van der Waals surface area contributed by atoms with Crippen LogP contribution in [0.5, 0.6) is 5.75 Å². The normalized spacial score (nSPS) is 12.4. The van der Waals surface area contributed by atoms with Crippen molar-refractivity contribution in [1.82, 2.24) is 4.98 Å². The van der Waals surface area contributed by atoms with E-state index in [2.05, 4.69) is 31.0 Å². The van der Waals surface area contributed by atoms with E-state index < -0.39 is 6.10 Å². The highest BCUT2D eigenvalue weighted by molar-refractivity contribution is 7.99. The number of aliphatic hydroxyl groups excluding tert-OH is 1. The highest BCUT2D eigenvalue weighted by Crippen LogP contribution is 2.19. The molecule has 0 spiro atoms. The van der Waals surface area contributed by atoms with Gasteiger partial charge >= 0.3 is 0 Å². The Hall–Kier alpha value is -1.52. The molecule has 1 heterocycles. The van der Waals surface area contributed by atoms with Crippen LogP contribution in [0.1, 0.15) is 25.3 Å². The van der Waals surface area contributed by atoms with Crippen molar-refractivity contribution in [2.75, 3.05) is 12.4 Å². The molecule has 0 amide bonds. The molecule has 0 aliphatic carbocycles. The first kappa shape index (κ1) is 15.9. The third-order valence-corrected chi connectivity index (χ3v) is 4.14. The molecule has 1 N–H and O–H groups in total. The maximum absolute atomic E-state index is 9.94. The second-order valence-electron chi connectivity index (χ2n) is 5.17. The summed E-state index contributed by atoms with van der Waals surface area (Å²) in [5, 5.41) is 10.9. The first-order valence-electron chi connectivity index (χ1n) is 7.10. The van der Waals surface area contributed by atoms with E-state index in [1.165, 1.54) is 17.3 Å². The lowest BCUT2D eigenvalue weighted by Crippen LogP contribution is -2.20. The Morgan fingerprint density at radius 1 is 1.14 bits per heavy atom. The lowest BCUT2D eigenvalue weighted by molar-refractivity contribution is 0.126. The molecule has 1 aromatic heterocycles. The monoisotopic (exact) mass is 303 g/mol. The minimum Gasteiger partial charge on any atom is -0.491 e. The maximum Gasteiger partial charge on any atom is 0.119 e. The average molecular weight is 303 g/mol. The molecule has 21 heavy (non-hydrogen) atoms. The van der Waals surface area contributed by atoms with E-state index in [9.17, 15) is 5.11 Å². The third kappa shape index (κ3) is 5.40. The lowest BCUT2D eigenvalue weighted by atomic mass is 10.0. The van der Waals surface area contributed by atoms with Gasteiger partial charge in [0.25, 0.3) is 0 Å². The Morgan fingerprint density at radius 2 is 1.90 bits per heavy atom. The number of rotatable bonds is 7. The summed E-state index contributed by atoms with van der Waals surface area (Å²) in [7, 11) is 0. The fraction of sp³-hybridized carbons (Fsp3) is 0.353. The minimum absolute atomic E-state index is 0.293. The molecular weight excluding hydrogens is 282 g/mol. The van der Waals surface area contributed by atoms with Gasteiger partial charge < -0.3 is 9.84 Å². The Labute approximate surface area is 130 Å². The van der Waals surface area contributed by atoms with E-state index in [-0.39, 0.29) is 0 Å². The Morgan fingerprint density at radius 3 is 2.52 bits per heavy atom. The van der Waals surface area contributed by atoms with Crippen molar-refractivity contribution in [3.05, 3.63) is 54.2 Å². The number of hydrogen-bond acceptors (Lipinski definition) is 4. The van der Waals surface area contributed by atoms with Crippen LogP contribution in [-0.2, 0) is 0 Å². The molecule has 0 aliphatic heterocycles. The summed E-state index contributed by atoms with van der Waals surface area (Å²) >= 11 is 1.53. The van der Waals surface area contributed by atoms with Crippen LogP contribution < -0.4 is 4.74 Å². The fourth-order valence-electron chi connectivity index (χ4n) is 1.80. The van der Waals surface area contributed by atoms with E-state index in [1.807, 2.05) is 30.3 Å². The Bertz CT molecular complexity index is 528. The summed E-state index contributed by atoms with van der Waals surface area (Å²) in [5.74, 6) is 1.88. The zero-order valence-electron chi connectivity index (χ0n) is 12.4. The van der Waals surface area contributed by atoms with Crippen molar-refractivity contribution < 1.29 is 9.84 Å². The number of hydrogen-bond donors (Lipinski definition) is 1. The summed E-state index contributed by atoms with van der Waals surface area (Å²) in [6.07, 6.45) is 1.24. The van der Waals surface area contributed by atoms with Crippen LogP contribution in [0.3, 0.4) is 0 Å². The molecule has 112 valence electrons. The highest BCUT2D eigenvalue weighted by atomic mass is 32.2. The molecular formula is C17H21NO2S. The summed E-state index contributed by atoms with van der Waals surface area (Å²) in [6, 6.07) is 13.8. The van der Waals surface area contributed by atoms with Crippen LogP contribution in [-0.4, -0.2) is 28.6 Å². The van der Waals surface area contributed by atoms with Crippen LogP contribution >= 0.6 is 11.8 Å². The SMILES string of the molecule is CC(C)c1ccc(OCC(O)CSc2ccccn2)cc1. The molecule has 0 radical (unpaired) electrons. The highest BCUT2D eigenvalue weighted by Gasteiger charge is 2.07. The van der Waals surface area contributed by atoms with Gasteiger partial charge in [0, 0.05) is 11.9 Å². The molecule has 2 rings (SSSR count). The van der Waals surface area contributed by atoms with Crippen molar-refractivity contribution >= 4 is 11.8 Å². The molecule has 0 bridgehead atoms. The molecule has 1 aromatic carbocycles. The van der Waals surface area contributed by atoms with E-state index in [0.29, 0.717) is 18.3 Å². The maximum atomic E-state index is 9.94. The van der Waals surface area contributed by atoms with Gasteiger partial charge in [0.1, 0.15) is 12.4 Å². The third-order valence-electron chi connectivity index (χ3n) is 3.05. The van der Waals surface area contributed by atoms with E-state index in [0.717, 1.165) is 10.8 Å². The van der Waals surface area contributed by atoms with Gasteiger partial charge in [-0.3, -0.25) is 0 Å². The molecule has 0 fully saturated rings. The Balaban J connectivity index is 1.74. The van der Waals surface area contributed by atoms with Crippen molar-refractivity contribution in [2.24, 2.45) is 0 Å². The summed E-state index contributed by atoms with van der Waals surface area (Å²) < 4.78 is 5.61. The predicted molar refractivity (Wildman–Crippen MR) is 87.0 cm³/mol. The van der Waals surface area contributed by atoms with Crippen LogP contribution in [0.15, 0.2) is 53.7 Å². The zero-order valence-corrected chi connectivity index (χ0v) is 13.2. The van der Waals surface area contributed by atoms with Gasteiger partial charge in [0.15, 0.2) is 0 Å². The lowest BCUT2D eigenvalue weighted by Gasteiger charge is -2.12. The number of pyridine rings is 1. The summed E-state index contributed by atoms with van der Waals surface area (Å²) in [4.78, 5) is 4.21. The topological polar surface area (TPSA) is 42.4 Å². The summed E-state index contributed by atoms with van der Waals surface area (Å²) in [5.41, 5.74) is 1.29.